The molecule has 4 rings (SSSR count). The van der Waals surface area contributed by atoms with Crippen LogP contribution in [-0.2, 0) is 0 Å². The molecule has 3 nitrogen and oxygen atoms in total. The summed E-state index contributed by atoms with van der Waals surface area (Å²) in [7, 11) is 0. The van der Waals surface area contributed by atoms with Gasteiger partial charge in [-0.1, -0.05) is 36.4 Å². The topological polar surface area (TPSA) is 38.7 Å². The normalized spacial score (nSPS) is 11.1. The molecule has 0 aliphatic heterocycles. The Morgan fingerprint density at radius 1 is 0.810 bits per heavy atom. The average molecular weight is 292 g/mol. The van der Waals surface area contributed by atoms with Gasteiger partial charge in [0.15, 0.2) is 0 Å². The molecule has 0 aliphatic carbocycles. The summed E-state index contributed by atoms with van der Waals surface area (Å²) in [6.07, 6.45) is 1.83. The fourth-order valence-corrected chi connectivity index (χ4v) is 2.64. The van der Waals surface area contributed by atoms with E-state index in [1.807, 2.05) is 54.7 Å². The molecule has 0 radical (unpaired) electrons. The van der Waals surface area contributed by atoms with E-state index >= 15 is 0 Å². The highest BCUT2D eigenvalue weighted by Gasteiger charge is 2.09. The lowest BCUT2D eigenvalue weighted by Gasteiger charge is -2.07. The number of hydrogen-bond donors (Lipinski definition) is 0. The van der Waals surface area contributed by atoms with Gasteiger partial charge in [-0.05, 0) is 29.8 Å². The predicted octanol–water partition coefficient (Wildman–Crippen LogP) is 4.50. The molecule has 0 saturated carbocycles. The minimum absolute atomic E-state index is 0.247. The Morgan fingerprint density at radius 2 is 1.57 bits per heavy atom. The zero-order chi connectivity index (χ0) is 14.2. The van der Waals surface area contributed by atoms with E-state index in [0.717, 1.165) is 33.1 Å². The Hall–Kier alpha value is -2.52. The maximum atomic E-state index is 6.05. The third-order valence-electron chi connectivity index (χ3n) is 3.44. The predicted molar refractivity (Wildman–Crippen MR) is 85.3 cm³/mol. The maximum Gasteiger partial charge on any atom is 0.223 e. The number of halogens is 1. The van der Waals surface area contributed by atoms with E-state index < -0.39 is 0 Å². The van der Waals surface area contributed by atoms with E-state index in [2.05, 4.69) is 21.0 Å². The first-order chi connectivity index (χ1) is 10.3. The molecule has 2 heterocycles. The lowest BCUT2D eigenvalue weighted by atomic mass is 10.1. The van der Waals surface area contributed by atoms with Crippen molar-refractivity contribution in [1.82, 2.24) is 15.0 Å². The number of rotatable bonds is 1. The molecule has 4 heteroatoms. The molecule has 2 aromatic heterocycles. The van der Waals surface area contributed by atoms with Crippen LogP contribution in [0.2, 0.25) is 5.28 Å². The molecule has 0 spiro atoms. The molecule has 0 atom stereocenters. The second-order valence-electron chi connectivity index (χ2n) is 4.78. The Morgan fingerprint density at radius 3 is 2.48 bits per heavy atom. The Labute approximate surface area is 126 Å². The molecule has 2 aromatic carbocycles. The highest BCUT2D eigenvalue weighted by molar-refractivity contribution is 6.28. The van der Waals surface area contributed by atoms with Crippen molar-refractivity contribution in [2.45, 2.75) is 0 Å². The van der Waals surface area contributed by atoms with Crippen molar-refractivity contribution in [3.8, 4) is 11.3 Å². The summed E-state index contributed by atoms with van der Waals surface area (Å²) in [5, 5.41) is 2.30. The van der Waals surface area contributed by atoms with E-state index in [1.54, 1.807) is 0 Å². The number of nitrogens with zero attached hydrogens (tertiary/aromatic N) is 3. The van der Waals surface area contributed by atoms with Gasteiger partial charge in [-0.3, -0.25) is 4.98 Å². The monoisotopic (exact) mass is 291 g/mol. The van der Waals surface area contributed by atoms with Gasteiger partial charge < -0.3 is 0 Å². The Kier molecular flexibility index (Phi) is 2.79. The molecule has 0 saturated heterocycles. The zero-order valence-electron chi connectivity index (χ0n) is 11.0. The molecule has 0 fully saturated rings. The lowest BCUT2D eigenvalue weighted by molar-refractivity contribution is 1.22. The first-order valence-corrected chi connectivity index (χ1v) is 6.96. The summed E-state index contributed by atoms with van der Waals surface area (Å²) in [5.74, 6) is 0. The summed E-state index contributed by atoms with van der Waals surface area (Å²) in [5.41, 5.74) is 3.55. The van der Waals surface area contributed by atoms with Gasteiger partial charge in [-0.25, -0.2) is 9.97 Å². The second kappa shape index (κ2) is 4.79. The Bertz CT molecular complexity index is 966. The van der Waals surface area contributed by atoms with E-state index in [4.69, 9.17) is 11.6 Å². The first kappa shape index (κ1) is 12.2. The first-order valence-electron chi connectivity index (χ1n) is 6.59. The van der Waals surface area contributed by atoms with E-state index in [-0.39, 0.29) is 5.28 Å². The summed E-state index contributed by atoms with van der Waals surface area (Å²) in [4.78, 5) is 13.1. The molecule has 0 aliphatic rings. The van der Waals surface area contributed by atoms with Crippen LogP contribution in [0.5, 0.6) is 0 Å². The highest BCUT2D eigenvalue weighted by atomic mass is 35.5. The van der Waals surface area contributed by atoms with Crippen molar-refractivity contribution < 1.29 is 0 Å². The number of fused-ring (bicyclic) bond motifs is 2. The number of para-hydroxylation sites is 2. The Balaban J connectivity index is 2.03. The third kappa shape index (κ3) is 2.12. The van der Waals surface area contributed by atoms with E-state index in [1.165, 1.54) is 0 Å². The number of hydrogen-bond acceptors (Lipinski definition) is 3. The van der Waals surface area contributed by atoms with Crippen LogP contribution in [0.15, 0.2) is 60.8 Å². The van der Waals surface area contributed by atoms with Crippen LogP contribution in [0.25, 0.3) is 33.1 Å². The quantitative estimate of drug-likeness (QED) is 0.485. The standard InChI is InChI=1S/C17H10ClN3/c18-17-20-15-8-4-2-6-13(15)16(21-17)12-9-11-5-1-3-7-14(11)19-10-12/h1-10H. The van der Waals surface area contributed by atoms with Gasteiger partial charge in [0.05, 0.1) is 16.7 Å². The van der Waals surface area contributed by atoms with Crippen LogP contribution in [-0.4, -0.2) is 15.0 Å². The summed E-state index contributed by atoms with van der Waals surface area (Å²) in [6.45, 7) is 0. The van der Waals surface area contributed by atoms with Crippen molar-refractivity contribution >= 4 is 33.4 Å². The summed E-state index contributed by atoms with van der Waals surface area (Å²) >= 11 is 6.05. The van der Waals surface area contributed by atoms with Crippen molar-refractivity contribution in [2.24, 2.45) is 0 Å². The SMILES string of the molecule is Clc1nc(-c2cnc3ccccc3c2)c2ccccc2n1. The van der Waals surface area contributed by atoms with Gasteiger partial charge in [-0.2, -0.15) is 0 Å². The number of pyridine rings is 1. The molecule has 4 aromatic rings. The van der Waals surface area contributed by atoms with Crippen LogP contribution in [0, 0.1) is 0 Å². The largest absolute Gasteiger partial charge is 0.256 e. The smallest absolute Gasteiger partial charge is 0.223 e. The molecule has 21 heavy (non-hydrogen) atoms. The third-order valence-corrected chi connectivity index (χ3v) is 3.61. The molecular weight excluding hydrogens is 282 g/mol. The number of aromatic nitrogens is 3. The van der Waals surface area contributed by atoms with Crippen molar-refractivity contribution in [2.75, 3.05) is 0 Å². The van der Waals surface area contributed by atoms with Crippen molar-refractivity contribution in [1.29, 1.82) is 0 Å². The fraction of sp³-hybridized carbons (Fsp3) is 0. The van der Waals surface area contributed by atoms with Crippen LogP contribution in [0.1, 0.15) is 0 Å². The molecule has 100 valence electrons. The maximum absolute atomic E-state index is 6.05. The molecule has 0 amide bonds. The summed E-state index contributed by atoms with van der Waals surface area (Å²) in [6, 6.07) is 17.9. The van der Waals surface area contributed by atoms with Crippen LogP contribution >= 0.6 is 11.6 Å². The summed E-state index contributed by atoms with van der Waals surface area (Å²) < 4.78 is 0. The average Bonchev–Trinajstić information content (AvgIpc) is 2.53. The van der Waals surface area contributed by atoms with Crippen LogP contribution in [0.4, 0.5) is 0 Å². The van der Waals surface area contributed by atoms with Gasteiger partial charge in [0.2, 0.25) is 5.28 Å². The number of benzene rings is 2. The van der Waals surface area contributed by atoms with E-state index in [9.17, 15) is 0 Å². The van der Waals surface area contributed by atoms with Crippen LogP contribution < -0.4 is 0 Å². The minimum Gasteiger partial charge on any atom is -0.256 e. The van der Waals surface area contributed by atoms with Gasteiger partial charge in [0.1, 0.15) is 0 Å². The van der Waals surface area contributed by atoms with Gasteiger partial charge in [0, 0.05) is 22.5 Å². The van der Waals surface area contributed by atoms with E-state index in [0.29, 0.717) is 0 Å². The molecular formula is C17H10ClN3. The van der Waals surface area contributed by atoms with Gasteiger partial charge >= 0.3 is 0 Å². The lowest BCUT2D eigenvalue weighted by Crippen LogP contribution is -1.92. The van der Waals surface area contributed by atoms with Crippen LogP contribution in [0.3, 0.4) is 0 Å². The van der Waals surface area contributed by atoms with Gasteiger partial charge in [-0.15, -0.1) is 0 Å². The minimum atomic E-state index is 0.247. The van der Waals surface area contributed by atoms with Gasteiger partial charge in [0.25, 0.3) is 0 Å². The van der Waals surface area contributed by atoms with Crippen molar-refractivity contribution in [3.63, 3.8) is 0 Å². The molecule has 0 bridgehead atoms. The molecule has 0 N–H and O–H groups in total. The van der Waals surface area contributed by atoms with Crippen molar-refractivity contribution in [3.05, 3.63) is 66.1 Å². The molecule has 0 unspecified atom stereocenters. The highest BCUT2D eigenvalue weighted by Crippen LogP contribution is 2.28. The second-order valence-corrected chi connectivity index (χ2v) is 5.11. The fourth-order valence-electron chi connectivity index (χ4n) is 2.47. The zero-order valence-corrected chi connectivity index (χ0v) is 11.7.